The van der Waals surface area contributed by atoms with Crippen LogP contribution in [0.1, 0.15) is 5.56 Å². The number of phenols is 1. The Bertz CT molecular complexity index is 925. The van der Waals surface area contributed by atoms with Crippen LogP contribution in [-0.4, -0.2) is 21.1 Å². The molecule has 0 aromatic heterocycles. The molecule has 1 saturated heterocycles. The zero-order chi connectivity index (χ0) is 18.0. The lowest BCUT2D eigenvalue weighted by Crippen LogP contribution is -2.19. The van der Waals surface area contributed by atoms with Crippen LogP contribution in [0.15, 0.2) is 52.4 Å². The fourth-order valence-corrected chi connectivity index (χ4v) is 3.05. The average Bonchev–Trinajstić information content (AvgIpc) is 2.90. The standard InChI is InChI=1S/C16H10ClN3O4S/c17-10-3-6-12(13(8-10)20(23)24)18-16-19-15(22)14(25-16)7-9-1-4-11(21)5-2-9/h1-8,21H,(H,18,19,22)/b14-7+. The van der Waals surface area contributed by atoms with Crippen molar-refractivity contribution in [3.05, 3.63) is 68.1 Å². The number of phenolic OH excluding ortho intramolecular Hbond substituents is 1. The summed E-state index contributed by atoms with van der Waals surface area (Å²) in [4.78, 5) is 27.1. The van der Waals surface area contributed by atoms with Gasteiger partial charge < -0.3 is 10.4 Å². The number of nitro benzene ring substituents is 1. The smallest absolute Gasteiger partial charge is 0.296 e. The third-order valence-electron chi connectivity index (χ3n) is 3.20. The lowest BCUT2D eigenvalue weighted by Gasteiger charge is -1.99. The zero-order valence-corrected chi connectivity index (χ0v) is 14.0. The molecule has 1 heterocycles. The molecule has 0 atom stereocenters. The number of rotatable bonds is 3. The molecule has 0 bridgehead atoms. The Morgan fingerprint density at radius 2 is 1.96 bits per heavy atom. The number of hydrogen-bond donors (Lipinski definition) is 2. The van der Waals surface area contributed by atoms with E-state index in [4.69, 9.17) is 11.6 Å². The Hall–Kier alpha value is -2.84. The highest BCUT2D eigenvalue weighted by Crippen LogP contribution is 2.33. The van der Waals surface area contributed by atoms with Gasteiger partial charge in [0.2, 0.25) is 0 Å². The Kier molecular flexibility index (Phi) is 4.73. The highest BCUT2D eigenvalue weighted by atomic mass is 35.5. The summed E-state index contributed by atoms with van der Waals surface area (Å²) in [7, 11) is 0. The van der Waals surface area contributed by atoms with Gasteiger partial charge in [-0.15, -0.1) is 0 Å². The number of hydrogen-bond acceptors (Lipinski definition) is 6. The first kappa shape index (κ1) is 17.0. The van der Waals surface area contributed by atoms with Gasteiger partial charge in [0, 0.05) is 11.1 Å². The molecule has 0 aliphatic carbocycles. The van der Waals surface area contributed by atoms with Gasteiger partial charge in [-0.2, -0.15) is 0 Å². The van der Waals surface area contributed by atoms with E-state index in [0.29, 0.717) is 4.91 Å². The molecule has 2 aromatic carbocycles. The molecule has 1 fully saturated rings. The molecule has 9 heteroatoms. The number of amidine groups is 1. The first-order chi connectivity index (χ1) is 11.9. The van der Waals surface area contributed by atoms with E-state index >= 15 is 0 Å². The van der Waals surface area contributed by atoms with Crippen LogP contribution < -0.4 is 5.32 Å². The average molecular weight is 376 g/mol. The maximum atomic E-state index is 12.0. The van der Waals surface area contributed by atoms with E-state index < -0.39 is 4.92 Å². The van der Waals surface area contributed by atoms with Crippen molar-refractivity contribution >= 4 is 51.9 Å². The number of halogens is 1. The number of benzene rings is 2. The lowest BCUT2D eigenvalue weighted by molar-refractivity contribution is -0.384. The van der Waals surface area contributed by atoms with Gasteiger partial charge in [-0.1, -0.05) is 23.7 Å². The fourth-order valence-electron chi connectivity index (χ4n) is 2.05. The number of aliphatic imine (C=N–C) groups is 1. The first-order valence-corrected chi connectivity index (χ1v) is 8.14. The van der Waals surface area contributed by atoms with Gasteiger partial charge >= 0.3 is 0 Å². The molecular formula is C16H10ClN3O4S. The highest BCUT2D eigenvalue weighted by Gasteiger charge is 2.25. The van der Waals surface area contributed by atoms with E-state index in [1.54, 1.807) is 18.2 Å². The molecule has 2 aromatic rings. The normalized spacial score (nSPS) is 17.1. The molecule has 2 N–H and O–H groups in total. The second-order valence-corrected chi connectivity index (χ2v) is 6.43. The molecule has 0 radical (unpaired) electrons. The molecule has 0 unspecified atom stereocenters. The molecule has 1 aliphatic heterocycles. The number of thioether (sulfide) groups is 1. The molecule has 1 aliphatic rings. The fraction of sp³-hybridized carbons (Fsp3) is 0. The summed E-state index contributed by atoms with van der Waals surface area (Å²) in [5, 5.41) is 23.4. The van der Waals surface area contributed by atoms with Gasteiger partial charge in [0.15, 0.2) is 5.17 Å². The van der Waals surface area contributed by atoms with Gasteiger partial charge in [0.25, 0.3) is 11.6 Å². The number of carbonyl (C=O) groups is 1. The Balaban J connectivity index is 1.89. The third kappa shape index (κ3) is 3.98. The summed E-state index contributed by atoms with van der Waals surface area (Å²) in [6.45, 7) is 0. The van der Waals surface area contributed by atoms with Crippen molar-refractivity contribution in [2.75, 3.05) is 0 Å². The van der Waals surface area contributed by atoms with E-state index in [1.807, 2.05) is 0 Å². The van der Waals surface area contributed by atoms with Crippen LogP contribution in [-0.2, 0) is 4.79 Å². The maximum Gasteiger partial charge on any atom is 0.296 e. The summed E-state index contributed by atoms with van der Waals surface area (Å²) in [6, 6.07) is 10.5. The van der Waals surface area contributed by atoms with Crippen molar-refractivity contribution in [3.63, 3.8) is 0 Å². The lowest BCUT2D eigenvalue weighted by atomic mass is 10.2. The number of amides is 1. The zero-order valence-electron chi connectivity index (χ0n) is 12.5. The van der Waals surface area contributed by atoms with Crippen LogP contribution in [0, 0.1) is 10.1 Å². The van der Waals surface area contributed by atoms with E-state index in [9.17, 15) is 20.0 Å². The van der Waals surface area contributed by atoms with E-state index in [2.05, 4.69) is 10.3 Å². The van der Waals surface area contributed by atoms with Crippen molar-refractivity contribution in [1.82, 2.24) is 5.32 Å². The Labute approximate surface area is 151 Å². The number of carbonyl (C=O) groups excluding carboxylic acids is 1. The topological polar surface area (TPSA) is 105 Å². The summed E-state index contributed by atoms with van der Waals surface area (Å²) < 4.78 is 0. The predicted octanol–water partition coefficient (Wildman–Crippen LogP) is 3.85. The molecule has 1 amide bonds. The van der Waals surface area contributed by atoms with Gasteiger partial charge in [0.05, 0.1) is 9.83 Å². The molecule has 0 saturated carbocycles. The molecule has 7 nitrogen and oxygen atoms in total. The Morgan fingerprint density at radius 3 is 2.64 bits per heavy atom. The van der Waals surface area contributed by atoms with Crippen LogP contribution in [0.2, 0.25) is 5.02 Å². The number of nitrogens with one attached hydrogen (secondary N) is 1. The molecule has 3 rings (SSSR count). The van der Waals surface area contributed by atoms with Gasteiger partial charge in [-0.3, -0.25) is 14.9 Å². The highest BCUT2D eigenvalue weighted by molar-refractivity contribution is 8.18. The van der Waals surface area contributed by atoms with Crippen LogP contribution >= 0.6 is 23.4 Å². The minimum Gasteiger partial charge on any atom is -0.508 e. The van der Waals surface area contributed by atoms with Gasteiger partial charge in [0.1, 0.15) is 11.4 Å². The van der Waals surface area contributed by atoms with Crippen molar-refractivity contribution in [3.8, 4) is 5.75 Å². The second kappa shape index (κ2) is 6.96. The summed E-state index contributed by atoms with van der Waals surface area (Å²) in [5.41, 5.74) is 0.586. The molecule has 126 valence electrons. The minimum atomic E-state index is -0.583. The minimum absolute atomic E-state index is 0.100. The molecule has 25 heavy (non-hydrogen) atoms. The van der Waals surface area contributed by atoms with Crippen LogP contribution in [0.3, 0.4) is 0 Å². The first-order valence-electron chi connectivity index (χ1n) is 6.95. The monoisotopic (exact) mass is 375 g/mol. The van der Waals surface area contributed by atoms with E-state index in [-0.39, 0.29) is 33.2 Å². The van der Waals surface area contributed by atoms with Crippen LogP contribution in [0.5, 0.6) is 5.75 Å². The van der Waals surface area contributed by atoms with Crippen molar-refractivity contribution in [2.45, 2.75) is 0 Å². The van der Waals surface area contributed by atoms with E-state index in [1.165, 1.54) is 30.3 Å². The SMILES string of the molecule is O=C1NC(=Nc2ccc(Cl)cc2[N+](=O)[O-])S/C1=C/c1ccc(O)cc1. The molecular weight excluding hydrogens is 366 g/mol. The second-order valence-electron chi connectivity index (χ2n) is 4.96. The quantitative estimate of drug-likeness (QED) is 0.481. The van der Waals surface area contributed by atoms with Crippen LogP contribution in [0.25, 0.3) is 6.08 Å². The largest absolute Gasteiger partial charge is 0.508 e. The maximum absolute atomic E-state index is 12.0. The van der Waals surface area contributed by atoms with Crippen molar-refractivity contribution < 1.29 is 14.8 Å². The number of nitrogens with zero attached hydrogens (tertiary/aromatic N) is 2. The van der Waals surface area contributed by atoms with Crippen molar-refractivity contribution in [2.24, 2.45) is 4.99 Å². The van der Waals surface area contributed by atoms with E-state index in [0.717, 1.165) is 17.3 Å². The number of nitro groups is 1. The summed E-state index contributed by atoms with van der Waals surface area (Å²) >= 11 is 6.84. The Morgan fingerprint density at radius 1 is 1.24 bits per heavy atom. The van der Waals surface area contributed by atoms with Gasteiger partial charge in [-0.25, -0.2) is 4.99 Å². The van der Waals surface area contributed by atoms with Crippen LogP contribution in [0.4, 0.5) is 11.4 Å². The molecule has 0 spiro atoms. The van der Waals surface area contributed by atoms with Gasteiger partial charge in [-0.05, 0) is 47.7 Å². The predicted molar refractivity (Wildman–Crippen MR) is 97.0 cm³/mol. The number of aromatic hydroxyl groups is 1. The summed E-state index contributed by atoms with van der Waals surface area (Å²) in [6.07, 6.45) is 1.64. The van der Waals surface area contributed by atoms with Crippen molar-refractivity contribution in [1.29, 1.82) is 0 Å². The summed E-state index contributed by atoms with van der Waals surface area (Å²) in [5.74, 6) is -0.226. The third-order valence-corrected chi connectivity index (χ3v) is 4.34.